The molecule has 0 aliphatic carbocycles. The number of imide groups is 1. The van der Waals surface area contributed by atoms with E-state index in [4.69, 9.17) is 0 Å². The average Bonchev–Trinajstić information content (AvgIpc) is 3.06. The quantitative estimate of drug-likeness (QED) is 0.322. The van der Waals surface area contributed by atoms with E-state index in [0.717, 1.165) is 0 Å². The third-order valence-electron chi connectivity index (χ3n) is 5.37. The maximum absolute atomic E-state index is 13.9. The van der Waals surface area contributed by atoms with Gasteiger partial charge in [0.2, 0.25) is 11.8 Å². The summed E-state index contributed by atoms with van der Waals surface area (Å²) in [5.74, 6) is -6.70. The number of esters is 1. The van der Waals surface area contributed by atoms with Crippen LogP contribution in [-0.4, -0.2) is 59.5 Å². The second kappa shape index (κ2) is 9.51. The van der Waals surface area contributed by atoms with Crippen molar-refractivity contribution in [1.82, 2.24) is 15.5 Å². The number of hydrogen-bond donors (Lipinski definition) is 2. The number of carbonyl (C=O) groups is 5. The van der Waals surface area contributed by atoms with E-state index in [1.165, 1.54) is 11.8 Å². The molecule has 3 rings (SSSR count). The number of amides is 3. The van der Waals surface area contributed by atoms with Crippen LogP contribution in [0, 0.1) is 0 Å². The zero-order valence-corrected chi connectivity index (χ0v) is 17.4. The number of hydrogen-bond acceptors (Lipinski definition) is 7. The van der Waals surface area contributed by atoms with Crippen molar-refractivity contribution in [2.24, 2.45) is 0 Å². The number of halogens is 2. The maximum atomic E-state index is 13.9. The molecule has 1 aromatic carbocycles. The molecule has 1 aromatic rings. The molecule has 0 bridgehead atoms. The molecule has 0 radical (unpaired) electrons. The summed E-state index contributed by atoms with van der Waals surface area (Å²) >= 11 is 0. The van der Waals surface area contributed by atoms with Gasteiger partial charge in [-0.3, -0.25) is 19.7 Å². The van der Waals surface area contributed by atoms with Gasteiger partial charge in [-0.2, -0.15) is 8.78 Å². The zero-order chi connectivity index (χ0) is 23.5. The molecular weight excluding hydrogens is 428 g/mol. The topological polar surface area (TPSA) is 122 Å². The van der Waals surface area contributed by atoms with Gasteiger partial charge < -0.3 is 19.7 Å². The first-order valence-electron chi connectivity index (χ1n) is 10.2. The molecule has 0 spiro atoms. The number of fused-ring (bicyclic) bond motifs is 1. The summed E-state index contributed by atoms with van der Waals surface area (Å²) in [6, 6.07) is 2.85. The number of aldehydes is 1. The first kappa shape index (κ1) is 23.5. The first-order valence-corrected chi connectivity index (χ1v) is 10.2. The highest BCUT2D eigenvalue weighted by Gasteiger charge is 2.43. The Kier molecular flexibility index (Phi) is 6.97. The Bertz CT molecular complexity index is 951. The van der Waals surface area contributed by atoms with Crippen molar-refractivity contribution in [3.05, 3.63) is 34.9 Å². The highest BCUT2D eigenvalue weighted by Crippen LogP contribution is 2.28. The normalized spacial score (nSPS) is 19.4. The van der Waals surface area contributed by atoms with Crippen LogP contribution in [0.4, 0.5) is 8.78 Å². The Labute approximate surface area is 182 Å². The van der Waals surface area contributed by atoms with Gasteiger partial charge in [-0.05, 0) is 30.5 Å². The molecule has 2 atom stereocenters. The van der Waals surface area contributed by atoms with Gasteiger partial charge >= 0.3 is 11.9 Å². The lowest BCUT2D eigenvalue weighted by Gasteiger charge is -2.29. The minimum Gasteiger partial charge on any atom is -0.462 e. The first-order chi connectivity index (χ1) is 15.2. The van der Waals surface area contributed by atoms with Crippen molar-refractivity contribution >= 4 is 30.0 Å². The fourth-order valence-corrected chi connectivity index (χ4v) is 3.75. The van der Waals surface area contributed by atoms with Crippen molar-refractivity contribution in [2.45, 2.75) is 57.3 Å². The molecule has 0 saturated carbocycles. The lowest BCUT2D eigenvalue weighted by atomic mass is 10.0. The van der Waals surface area contributed by atoms with E-state index in [-0.39, 0.29) is 44.4 Å². The van der Waals surface area contributed by atoms with Gasteiger partial charge in [0.1, 0.15) is 12.3 Å². The van der Waals surface area contributed by atoms with Crippen LogP contribution in [0.5, 0.6) is 0 Å². The second-order valence-corrected chi connectivity index (χ2v) is 7.64. The molecule has 2 aliphatic rings. The summed E-state index contributed by atoms with van der Waals surface area (Å²) in [6.45, 7) is 1.43. The van der Waals surface area contributed by atoms with E-state index in [2.05, 4.69) is 15.4 Å². The van der Waals surface area contributed by atoms with Gasteiger partial charge in [0, 0.05) is 31.5 Å². The molecule has 2 N–H and O–H groups in total. The van der Waals surface area contributed by atoms with Crippen LogP contribution in [0.15, 0.2) is 18.2 Å². The largest absolute Gasteiger partial charge is 0.462 e. The van der Waals surface area contributed by atoms with Gasteiger partial charge in [-0.15, -0.1) is 0 Å². The molecule has 11 heteroatoms. The van der Waals surface area contributed by atoms with E-state index in [1.807, 2.05) is 0 Å². The summed E-state index contributed by atoms with van der Waals surface area (Å²) in [5, 5.41) is 4.90. The molecule has 2 aliphatic heterocycles. The van der Waals surface area contributed by atoms with Crippen LogP contribution >= 0.6 is 0 Å². The fraction of sp³-hybridized carbons (Fsp3) is 0.476. The number of nitrogens with zero attached hydrogens (tertiary/aromatic N) is 1. The zero-order valence-electron chi connectivity index (χ0n) is 17.4. The fourth-order valence-electron chi connectivity index (χ4n) is 3.75. The molecular formula is C21H23F2N3O6. The molecule has 1 saturated heterocycles. The number of carbonyl (C=O) groups excluding carboxylic acids is 5. The summed E-state index contributed by atoms with van der Waals surface area (Å²) in [6.07, 6.45) is -0.347. The molecule has 0 aromatic heterocycles. The molecule has 172 valence electrons. The SMILES string of the molecule is CCOC(=O)C(F)(F)CC(C=O)NCc1ccc2c(c1)CN(C1CCC(=O)NC1=O)C2=O. The molecule has 2 unspecified atom stereocenters. The minimum absolute atomic E-state index is 0.0438. The number of benzene rings is 1. The Morgan fingerprint density at radius 1 is 1.38 bits per heavy atom. The average molecular weight is 451 g/mol. The van der Waals surface area contributed by atoms with Crippen LogP contribution in [0.2, 0.25) is 0 Å². The van der Waals surface area contributed by atoms with E-state index >= 15 is 0 Å². The van der Waals surface area contributed by atoms with Crippen molar-refractivity contribution in [3.8, 4) is 0 Å². The third kappa shape index (κ3) is 4.98. The smallest absolute Gasteiger partial charge is 0.377 e. The molecule has 32 heavy (non-hydrogen) atoms. The van der Waals surface area contributed by atoms with E-state index < -0.39 is 36.3 Å². The Balaban J connectivity index is 1.63. The Morgan fingerprint density at radius 3 is 2.78 bits per heavy atom. The van der Waals surface area contributed by atoms with Gasteiger partial charge in [0.25, 0.3) is 5.91 Å². The van der Waals surface area contributed by atoms with Crippen molar-refractivity contribution in [1.29, 1.82) is 0 Å². The number of ether oxygens (including phenoxy) is 1. The number of piperidine rings is 1. The Hall–Kier alpha value is -3.21. The summed E-state index contributed by atoms with van der Waals surface area (Å²) in [7, 11) is 0. The number of nitrogens with one attached hydrogen (secondary N) is 2. The molecule has 9 nitrogen and oxygen atoms in total. The highest BCUT2D eigenvalue weighted by molar-refractivity contribution is 6.05. The summed E-state index contributed by atoms with van der Waals surface area (Å²) in [4.78, 5) is 60.1. The van der Waals surface area contributed by atoms with E-state index in [0.29, 0.717) is 23.0 Å². The predicted octanol–water partition coefficient (Wildman–Crippen LogP) is 0.693. The van der Waals surface area contributed by atoms with Crippen molar-refractivity contribution in [3.63, 3.8) is 0 Å². The Morgan fingerprint density at radius 2 is 2.12 bits per heavy atom. The van der Waals surface area contributed by atoms with Gasteiger partial charge in [-0.1, -0.05) is 12.1 Å². The predicted molar refractivity (Wildman–Crippen MR) is 105 cm³/mol. The van der Waals surface area contributed by atoms with E-state index in [1.54, 1.807) is 18.2 Å². The van der Waals surface area contributed by atoms with Crippen LogP contribution in [0.25, 0.3) is 0 Å². The number of rotatable bonds is 9. The second-order valence-electron chi connectivity index (χ2n) is 7.64. The maximum Gasteiger partial charge on any atom is 0.377 e. The van der Waals surface area contributed by atoms with Crippen LogP contribution in [0.3, 0.4) is 0 Å². The molecule has 2 heterocycles. The van der Waals surface area contributed by atoms with Crippen LogP contribution < -0.4 is 10.6 Å². The van der Waals surface area contributed by atoms with Crippen LogP contribution in [0.1, 0.15) is 47.7 Å². The standard InChI is InChI=1S/C21H23F2N3O6/c1-2-32-20(31)21(22,23)8-14(11-27)24-9-12-3-4-15-13(7-12)10-26(19(15)30)16-5-6-17(28)25-18(16)29/h3-4,7,11,14,16,24H,2,5-6,8-10H2,1H3,(H,25,28,29). The lowest BCUT2D eigenvalue weighted by molar-refractivity contribution is -0.173. The highest BCUT2D eigenvalue weighted by atomic mass is 19.3. The summed E-state index contributed by atoms with van der Waals surface area (Å²) in [5.41, 5.74) is 1.70. The van der Waals surface area contributed by atoms with Gasteiger partial charge in [-0.25, -0.2) is 4.79 Å². The molecule has 3 amide bonds. The summed E-state index contributed by atoms with van der Waals surface area (Å²) < 4.78 is 32.1. The van der Waals surface area contributed by atoms with Gasteiger partial charge in [0.15, 0.2) is 0 Å². The monoisotopic (exact) mass is 451 g/mol. The van der Waals surface area contributed by atoms with Crippen molar-refractivity contribution in [2.75, 3.05) is 6.61 Å². The number of alkyl halides is 2. The van der Waals surface area contributed by atoms with E-state index in [9.17, 15) is 32.8 Å². The third-order valence-corrected chi connectivity index (χ3v) is 5.37. The lowest BCUT2D eigenvalue weighted by Crippen LogP contribution is -2.52. The minimum atomic E-state index is -3.80. The molecule has 1 fully saturated rings. The van der Waals surface area contributed by atoms with Crippen LogP contribution in [-0.2, 0) is 37.0 Å². The van der Waals surface area contributed by atoms with Crippen molar-refractivity contribution < 1.29 is 37.5 Å². The van der Waals surface area contributed by atoms with Gasteiger partial charge in [0.05, 0.1) is 12.6 Å².